The Morgan fingerprint density at radius 2 is 1.96 bits per heavy atom. The van der Waals surface area contributed by atoms with Crippen molar-refractivity contribution in [2.45, 2.75) is 63.0 Å². The maximum absolute atomic E-state index is 12.2. The zero-order valence-corrected chi connectivity index (χ0v) is 14.1. The van der Waals surface area contributed by atoms with Gasteiger partial charge in [-0.2, -0.15) is 0 Å². The average Bonchev–Trinajstić information content (AvgIpc) is 2.81. The van der Waals surface area contributed by atoms with E-state index < -0.39 is 10.0 Å². The van der Waals surface area contributed by atoms with E-state index in [2.05, 4.69) is 15.2 Å². The van der Waals surface area contributed by atoms with Gasteiger partial charge in [0.1, 0.15) is 10.6 Å². The molecule has 1 aromatic heterocycles. The summed E-state index contributed by atoms with van der Waals surface area (Å²) >= 11 is 0. The van der Waals surface area contributed by atoms with Crippen LogP contribution in [0, 0.1) is 13.8 Å². The molecule has 0 unspecified atom stereocenters. The van der Waals surface area contributed by atoms with E-state index in [0.717, 1.165) is 12.8 Å². The highest BCUT2D eigenvalue weighted by atomic mass is 32.2. The van der Waals surface area contributed by atoms with Gasteiger partial charge in [-0.3, -0.25) is 4.79 Å². The molecule has 0 aromatic carbocycles. The molecule has 0 bridgehead atoms. The highest BCUT2D eigenvalue weighted by molar-refractivity contribution is 7.89. The van der Waals surface area contributed by atoms with E-state index in [1.165, 1.54) is 6.92 Å². The van der Waals surface area contributed by atoms with Gasteiger partial charge < -0.3 is 14.9 Å². The smallest absolute Gasteiger partial charge is 0.245 e. The second-order valence-electron chi connectivity index (χ2n) is 5.87. The van der Waals surface area contributed by atoms with Gasteiger partial charge in [-0.1, -0.05) is 5.16 Å². The number of sulfonamides is 1. The lowest BCUT2D eigenvalue weighted by molar-refractivity contribution is -0.122. The first-order chi connectivity index (χ1) is 10.8. The van der Waals surface area contributed by atoms with Crippen molar-refractivity contribution in [3.63, 3.8) is 0 Å². The molecule has 8 nitrogen and oxygen atoms in total. The van der Waals surface area contributed by atoms with Crippen LogP contribution >= 0.6 is 0 Å². The summed E-state index contributed by atoms with van der Waals surface area (Å²) in [6.07, 6.45) is 2.65. The number of amides is 1. The van der Waals surface area contributed by atoms with Crippen LogP contribution in [-0.4, -0.2) is 43.3 Å². The number of aliphatic hydroxyl groups is 1. The van der Waals surface area contributed by atoms with Crippen LogP contribution in [0.15, 0.2) is 9.42 Å². The molecule has 1 aliphatic carbocycles. The van der Waals surface area contributed by atoms with Gasteiger partial charge in [-0.25, -0.2) is 13.1 Å². The minimum Gasteiger partial charge on any atom is -0.393 e. The summed E-state index contributed by atoms with van der Waals surface area (Å²) in [5, 5.41) is 15.9. The maximum Gasteiger partial charge on any atom is 0.245 e. The second-order valence-corrected chi connectivity index (χ2v) is 7.58. The van der Waals surface area contributed by atoms with Gasteiger partial charge in [0.2, 0.25) is 15.9 Å². The summed E-state index contributed by atoms with van der Waals surface area (Å²) in [5.41, 5.74) is 0.292. The van der Waals surface area contributed by atoms with E-state index in [4.69, 9.17) is 4.52 Å². The fourth-order valence-corrected chi connectivity index (χ4v) is 4.11. The van der Waals surface area contributed by atoms with Gasteiger partial charge in [-0.15, -0.1) is 0 Å². The molecule has 1 aromatic rings. The number of aliphatic hydroxyl groups excluding tert-OH is 1. The number of hydrogen-bond acceptors (Lipinski definition) is 6. The molecule has 0 atom stereocenters. The monoisotopic (exact) mass is 345 g/mol. The second kappa shape index (κ2) is 7.41. The fourth-order valence-electron chi connectivity index (χ4n) is 2.75. The lowest BCUT2D eigenvalue weighted by atomic mass is 9.93. The van der Waals surface area contributed by atoms with Gasteiger partial charge in [0.05, 0.1) is 6.10 Å². The number of aryl methyl sites for hydroxylation is 2. The minimum atomic E-state index is -3.73. The summed E-state index contributed by atoms with van der Waals surface area (Å²) in [6.45, 7) is 3.08. The predicted molar refractivity (Wildman–Crippen MR) is 82.2 cm³/mol. The number of hydrogen-bond donors (Lipinski definition) is 3. The molecule has 1 amide bonds. The van der Waals surface area contributed by atoms with Crippen LogP contribution in [0.2, 0.25) is 0 Å². The number of nitrogens with zero attached hydrogens (tertiary/aromatic N) is 1. The Labute approximate surface area is 135 Å². The highest BCUT2D eigenvalue weighted by Crippen LogP contribution is 2.19. The first kappa shape index (κ1) is 17.9. The highest BCUT2D eigenvalue weighted by Gasteiger charge is 2.24. The van der Waals surface area contributed by atoms with Gasteiger partial charge >= 0.3 is 0 Å². The maximum atomic E-state index is 12.2. The standard InChI is InChI=1S/C14H23N3O5S/c1-9-14(10(2)22-17-9)23(20,21)15-8-7-13(19)16-11-3-5-12(18)6-4-11/h11-12,15,18H,3-8H2,1-2H3,(H,16,19). The number of carbonyl (C=O) groups excluding carboxylic acids is 1. The summed E-state index contributed by atoms with van der Waals surface area (Å²) in [7, 11) is -3.73. The molecule has 0 saturated heterocycles. The van der Waals surface area contributed by atoms with Crippen LogP contribution in [0.1, 0.15) is 43.6 Å². The first-order valence-electron chi connectivity index (χ1n) is 7.69. The molecule has 0 aliphatic heterocycles. The molecule has 1 heterocycles. The van der Waals surface area contributed by atoms with Gasteiger partial charge in [0, 0.05) is 19.0 Å². The van der Waals surface area contributed by atoms with Crippen LogP contribution in [-0.2, 0) is 14.8 Å². The van der Waals surface area contributed by atoms with Crippen LogP contribution in [0.25, 0.3) is 0 Å². The number of rotatable bonds is 6. The van der Waals surface area contributed by atoms with Crippen molar-refractivity contribution in [1.29, 1.82) is 0 Å². The molecule has 23 heavy (non-hydrogen) atoms. The van der Waals surface area contributed by atoms with E-state index in [9.17, 15) is 18.3 Å². The third kappa shape index (κ3) is 4.76. The summed E-state index contributed by atoms with van der Waals surface area (Å²) in [4.78, 5) is 11.9. The van der Waals surface area contributed by atoms with Gasteiger partial charge in [0.25, 0.3) is 0 Å². The topological polar surface area (TPSA) is 122 Å². The molecular weight excluding hydrogens is 322 g/mol. The lowest BCUT2D eigenvalue weighted by Crippen LogP contribution is -2.40. The Bertz CT molecular complexity index is 628. The van der Waals surface area contributed by atoms with E-state index >= 15 is 0 Å². The van der Waals surface area contributed by atoms with Gasteiger partial charge in [-0.05, 0) is 39.5 Å². The largest absolute Gasteiger partial charge is 0.393 e. The predicted octanol–water partition coefficient (Wildman–Crippen LogP) is 0.380. The summed E-state index contributed by atoms with van der Waals surface area (Å²) in [6, 6.07) is 0.0602. The Balaban J connectivity index is 1.79. The number of carbonyl (C=O) groups is 1. The van der Waals surface area contributed by atoms with Crippen LogP contribution in [0.5, 0.6) is 0 Å². The van der Waals surface area contributed by atoms with E-state index in [1.54, 1.807) is 6.92 Å². The molecule has 1 aliphatic rings. The van der Waals surface area contributed by atoms with Crippen molar-refractivity contribution in [3.8, 4) is 0 Å². The molecule has 1 fully saturated rings. The van der Waals surface area contributed by atoms with Crippen molar-refractivity contribution in [1.82, 2.24) is 15.2 Å². The Morgan fingerprint density at radius 1 is 1.30 bits per heavy atom. The molecule has 130 valence electrons. The van der Waals surface area contributed by atoms with Crippen molar-refractivity contribution in [2.75, 3.05) is 6.54 Å². The van der Waals surface area contributed by atoms with Gasteiger partial charge in [0.15, 0.2) is 5.76 Å². The van der Waals surface area contributed by atoms with Crippen molar-refractivity contribution < 1.29 is 22.8 Å². The third-order valence-corrected chi connectivity index (χ3v) is 5.65. The molecular formula is C14H23N3O5S. The molecule has 1 saturated carbocycles. The third-order valence-electron chi connectivity index (χ3n) is 3.94. The van der Waals surface area contributed by atoms with E-state index in [-0.39, 0.29) is 41.7 Å². The Hall–Kier alpha value is -1.45. The van der Waals surface area contributed by atoms with E-state index in [1.807, 2.05) is 0 Å². The quantitative estimate of drug-likeness (QED) is 0.685. The van der Waals surface area contributed by atoms with Crippen LogP contribution in [0.3, 0.4) is 0 Å². The van der Waals surface area contributed by atoms with Crippen molar-refractivity contribution in [3.05, 3.63) is 11.5 Å². The lowest BCUT2D eigenvalue weighted by Gasteiger charge is -2.26. The molecule has 0 spiro atoms. The zero-order chi connectivity index (χ0) is 17.0. The molecule has 3 N–H and O–H groups in total. The summed E-state index contributed by atoms with van der Waals surface area (Å²) < 4.78 is 31.6. The minimum absolute atomic E-state index is 0.00751. The molecule has 9 heteroatoms. The number of nitrogens with one attached hydrogen (secondary N) is 2. The summed E-state index contributed by atoms with van der Waals surface area (Å²) in [5.74, 6) is 0.0214. The molecule has 2 rings (SSSR count). The Morgan fingerprint density at radius 3 is 2.52 bits per heavy atom. The van der Waals surface area contributed by atoms with Crippen LogP contribution < -0.4 is 10.0 Å². The van der Waals surface area contributed by atoms with Crippen molar-refractivity contribution in [2.24, 2.45) is 0 Å². The normalized spacial score (nSPS) is 22.0. The first-order valence-corrected chi connectivity index (χ1v) is 9.18. The Kier molecular flexibility index (Phi) is 5.77. The van der Waals surface area contributed by atoms with Crippen LogP contribution in [0.4, 0.5) is 0 Å². The number of aromatic nitrogens is 1. The van der Waals surface area contributed by atoms with E-state index in [0.29, 0.717) is 18.5 Å². The SMILES string of the molecule is Cc1noc(C)c1S(=O)(=O)NCCC(=O)NC1CCC(O)CC1. The molecule has 0 radical (unpaired) electrons. The zero-order valence-electron chi connectivity index (χ0n) is 13.3. The van der Waals surface area contributed by atoms with Crippen molar-refractivity contribution >= 4 is 15.9 Å². The fraction of sp³-hybridized carbons (Fsp3) is 0.714. The average molecular weight is 345 g/mol.